The van der Waals surface area contributed by atoms with E-state index < -0.39 is 23.6 Å². The number of carbonyl (C=O) groups excluding carboxylic acids is 1. The molecule has 3 aromatic rings. The maximum absolute atomic E-state index is 14.3. The number of nitrogens with zero attached hydrogens (tertiary/aromatic N) is 2. The van der Waals surface area contributed by atoms with E-state index >= 15 is 0 Å². The molecule has 2 unspecified atom stereocenters. The van der Waals surface area contributed by atoms with Gasteiger partial charge in [0.2, 0.25) is 5.91 Å². The van der Waals surface area contributed by atoms with E-state index in [9.17, 15) is 19.8 Å². The van der Waals surface area contributed by atoms with Crippen LogP contribution in [0.2, 0.25) is 0 Å². The van der Waals surface area contributed by atoms with Crippen LogP contribution in [0.25, 0.3) is 11.0 Å². The maximum Gasteiger partial charge on any atom is 0.408 e. The molecule has 206 valence electrons. The number of aliphatic hydroxyl groups is 1. The zero-order valence-electron chi connectivity index (χ0n) is 22.4. The Morgan fingerprint density at radius 1 is 1.03 bits per heavy atom. The number of benzene rings is 2. The first-order valence-electron chi connectivity index (χ1n) is 14.3. The summed E-state index contributed by atoms with van der Waals surface area (Å²) in [6.45, 7) is 1.50. The molecule has 4 N–H and O–H groups in total. The van der Waals surface area contributed by atoms with Gasteiger partial charge in [-0.3, -0.25) is 9.69 Å². The Hall–Kier alpha value is -3.39. The van der Waals surface area contributed by atoms with Crippen molar-refractivity contribution < 1.29 is 19.8 Å². The zero-order chi connectivity index (χ0) is 27.1. The third kappa shape index (κ3) is 4.91. The molecular weight excluding hydrogens is 492 g/mol. The lowest BCUT2D eigenvalue weighted by Crippen LogP contribution is -2.69. The molecule has 1 heterocycles. The van der Waals surface area contributed by atoms with Gasteiger partial charge in [-0.2, -0.15) is 0 Å². The van der Waals surface area contributed by atoms with Crippen LogP contribution in [0.15, 0.2) is 54.6 Å². The van der Waals surface area contributed by atoms with Crippen molar-refractivity contribution in [3.63, 3.8) is 0 Å². The number of fused-ring (bicyclic) bond motifs is 1. The molecule has 0 radical (unpaired) electrons. The summed E-state index contributed by atoms with van der Waals surface area (Å²) in [4.78, 5) is 36.9. The summed E-state index contributed by atoms with van der Waals surface area (Å²) in [5.74, 6) is 2.09. The van der Waals surface area contributed by atoms with Gasteiger partial charge in [0.15, 0.2) is 0 Å². The van der Waals surface area contributed by atoms with Crippen LogP contribution in [0.4, 0.5) is 4.79 Å². The van der Waals surface area contributed by atoms with E-state index in [-0.39, 0.29) is 30.9 Å². The first-order valence-corrected chi connectivity index (χ1v) is 14.3. The van der Waals surface area contributed by atoms with Crippen molar-refractivity contribution in [1.29, 1.82) is 0 Å². The Balaban J connectivity index is 1.35. The quantitative estimate of drug-likeness (QED) is 0.327. The highest BCUT2D eigenvalue weighted by Gasteiger charge is 2.56. The lowest BCUT2D eigenvalue weighted by Gasteiger charge is -2.59. The molecule has 0 spiro atoms. The molecule has 2 amide bonds. The average Bonchev–Trinajstić information content (AvgIpc) is 3.32. The van der Waals surface area contributed by atoms with E-state index in [1.165, 1.54) is 11.3 Å². The number of carboxylic acid groups (broad SMARTS) is 1. The summed E-state index contributed by atoms with van der Waals surface area (Å²) in [6, 6.07) is 16.6. The second kappa shape index (κ2) is 10.3. The first kappa shape index (κ1) is 25.9. The average molecular weight is 531 g/mol. The predicted molar refractivity (Wildman–Crippen MR) is 148 cm³/mol. The number of carbonyl (C=O) groups is 2. The number of H-pyrrole nitrogens is 1. The smallest absolute Gasteiger partial charge is 0.408 e. The van der Waals surface area contributed by atoms with Crippen molar-refractivity contribution in [1.82, 2.24) is 20.2 Å². The van der Waals surface area contributed by atoms with Crippen LogP contribution < -0.4 is 5.32 Å². The van der Waals surface area contributed by atoms with Crippen LogP contribution in [0.3, 0.4) is 0 Å². The van der Waals surface area contributed by atoms with Crippen LogP contribution in [0.5, 0.6) is 0 Å². The van der Waals surface area contributed by atoms with Gasteiger partial charge in [0.05, 0.1) is 23.7 Å². The van der Waals surface area contributed by atoms with Crippen LogP contribution >= 0.6 is 0 Å². The normalized spacial score (nSPS) is 27.7. The molecule has 4 fully saturated rings. The van der Waals surface area contributed by atoms with E-state index in [1.54, 1.807) is 6.92 Å². The van der Waals surface area contributed by atoms with Crippen molar-refractivity contribution in [3.8, 4) is 0 Å². The van der Waals surface area contributed by atoms with Crippen LogP contribution in [0.1, 0.15) is 50.4 Å². The number of imidazole rings is 1. The van der Waals surface area contributed by atoms with Crippen LogP contribution in [-0.4, -0.2) is 61.3 Å². The highest BCUT2D eigenvalue weighted by molar-refractivity contribution is 5.90. The molecule has 0 saturated heterocycles. The molecule has 4 aliphatic rings. The van der Waals surface area contributed by atoms with Gasteiger partial charge in [-0.25, -0.2) is 9.78 Å². The maximum atomic E-state index is 14.3. The molecule has 4 saturated carbocycles. The molecule has 4 bridgehead atoms. The van der Waals surface area contributed by atoms with Gasteiger partial charge < -0.3 is 20.5 Å². The SMILES string of the molecule is CC(Cc1nc2ccccc2[nH]1)(C(=O)NC(CO)Cc1ccccc1)N(C(=O)O)C1C2CC3CC(C2)CC1C3. The minimum absolute atomic E-state index is 0.117. The number of para-hydroxylation sites is 2. The monoisotopic (exact) mass is 530 g/mol. The van der Waals surface area contributed by atoms with Crippen molar-refractivity contribution in [2.45, 2.75) is 69.5 Å². The number of nitrogens with one attached hydrogen (secondary N) is 2. The highest BCUT2D eigenvalue weighted by Crippen LogP contribution is 2.56. The number of hydrogen-bond donors (Lipinski definition) is 4. The van der Waals surface area contributed by atoms with Gasteiger partial charge >= 0.3 is 6.09 Å². The molecule has 1 aromatic heterocycles. The van der Waals surface area contributed by atoms with Gasteiger partial charge in [-0.05, 0) is 86.8 Å². The lowest BCUT2D eigenvalue weighted by atomic mass is 9.53. The number of aromatic nitrogens is 2. The van der Waals surface area contributed by atoms with Gasteiger partial charge in [0.25, 0.3) is 0 Å². The van der Waals surface area contributed by atoms with E-state index in [1.807, 2.05) is 54.6 Å². The van der Waals surface area contributed by atoms with Crippen molar-refractivity contribution in [3.05, 3.63) is 66.0 Å². The number of hydrogen-bond acceptors (Lipinski definition) is 4. The standard InChI is InChI=1S/C31H38N4O4/c1-31(17-27-33-25-9-5-6-10-26(25)34-27,29(37)32-24(18-36)16-19-7-3-2-4-8-19)35(30(38)39)28-22-12-20-11-21(14-22)15-23(28)13-20/h2-10,20-24,28,36H,11-18H2,1H3,(H,32,37)(H,33,34)(H,38,39). The van der Waals surface area contributed by atoms with E-state index in [0.29, 0.717) is 24.1 Å². The topological polar surface area (TPSA) is 119 Å². The molecular formula is C31H38N4O4. The van der Waals surface area contributed by atoms with Gasteiger partial charge in [-0.15, -0.1) is 0 Å². The van der Waals surface area contributed by atoms with Gasteiger partial charge in [0, 0.05) is 12.5 Å². The first-order chi connectivity index (χ1) is 18.8. The van der Waals surface area contributed by atoms with Gasteiger partial charge in [-0.1, -0.05) is 42.5 Å². The summed E-state index contributed by atoms with van der Waals surface area (Å²) < 4.78 is 0. The number of aliphatic hydroxyl groups excluding tert-OH is 1. The van der Waals surface area contributed by atoms with Crippen LogP contribution in [0, 0.1) is 23.7 Å². The molecule has 8 nitrogen and oxygen atoms in total. The van der Waals surface area contributed by atoms with E-state index in [0.717, 1.165) is 42.3 Å². The van der Waals surface area contributed by atoms with Gasteiger partial charge in [0.1, 0.15) is 11.4 Å². The summed E-state index contributed by atoms with van der Waals surface area (Å²) >= 11 is 0. The lowest BCUT2D eigenvalue weighted by molar-refractivity contribution is -0.141. The van der Waals surface area contributed by atoms with E-state index in [2.05, 4.69) is 10.3 Å². The third-order valence-electron chi connectivity index (χ3n) is 9.53. The molecule has 39 heavy (non-hydrogen) atoms. The number of amides is 2. The third-order valence-corrected chi connectivity index (χ3v) is 9.53. The summed E-state index contributed by atoms with van der Waals surface area (Å²) in [6.07, 6.45) is 4.93. The van der Waals surface area contributed by atoms with E-state index in [4.69, 9.17) is 4.98 Å². The number of aromatic amines is 1. The van der Waals surface area contributed by atoms with Crippen LogP contribution in [-0.2, 0) is 17.6 Å². The molecule has 2 atom stereocenters. The highest BCUT2D eigenvalue weighted by atomic mass is 16.4. The fourth-order valence-electron chi connectivity index (χ4n) is 8.08. The Morgan fingerprint density at radius 3 is 2.28 bits per heavy atom. The minimum Gasteiger partial charge on any atom is -0.465 e. The van der Waals surface area contributed by atoms with Crippen molar-refractivity contribution >= 4 is 23.0 Å². The molecule has 4 aliphatic carbocycles. The molecule has 0 aliphatic heterocycles. The van der Waals surface area contributed by atoms with Crippen molar-refractivity contribution in [2.75, 3.05) is 6.61 Å². The fourth-order valence-corrected chi connectivity index (χ4v) is 8.08. The summed E-state index contributed by atoms with van der Waals surface area (Å²) in [5, 5.41) is 24.0. The Morgan fingerprint density at radius 2 is 1.67 bits per heavy atom. The second-order valence-electron chi connectivity index (χ2n) is 12.3. The minimum atomic E-state index is -1.41. The largest absolute Gasteiger partial charge is 0.465 e. The van der Waals surface area contributed by atoms with Crippen molar-refractivity contribution in [2.24, 2.45) is 23.7 Å². The Kier molecular flexibility index (Phi) is 6.83. The Bertz CT molecular complexity index is 1280. The Labute approximate surface area is 228 Å². The predicted octanol–water partition coefficient (Wildman–Crippen LogP) is 4.39. The molecule has 7 rings (SSSR count). The summed E-state index contributed by atoms with van der Waals surface area (Å²) in [7, 11) is 0. The second-order valence-corrected chi connectivity index (χ2v) is 12.3. The molecule has 2 aromatic carbocycles. The summed E-state index contributed by atoms with van der Waals surface area (Å²) in [5.41, 5.74) is 1.21. The zero-order valence-corrected chi connectivity index (χ0v) is 22.4. The number of rotatable bonds is 9. The fraction of sp³-hybridized carbons (Fsp3) is 0.516. The molecule has 8 heteroatoms.